The highest BCUT2D eigenvalue weighted by molar-refractivity contribution is 7.22. The van der Waals surface area contributed by atoms with Crippen LogP contribution >= 0.6 is 11.3 Å². The van der Waals surface area contributed by atoms with E-state index in [2.05, 4.69) is 39.1 Å². The second-order valence-electron chi connectivity index (χ2n) is 8.83. The molecule has 172 valence electrons. The van der Waals surface area contributed by atoms with Crippen LogP contribution in [-0.4, -0.2) is 66.5 Å². The first-order valence-electron chi connectivity index (χ1n) is 11.7. The van der Waals surface area contributed by atoms with Gasteiger partial charge in [-0.25, -0.2) is 9.37 Å². The first-order chi connectivity index (χ1) is 16.2. The number of piperidine rings is 1. The van der Waals surface area contributed by atoms with Crippen LogP contribution in [0.25, 0.3) is 16.3 Å². The number of hydrogen-bond acceptors (Lipinski definition) is 5. The predicted molar refractivity (Wildman–Crippen MR) is 133 cm³/mol. The summed E-state index contributed by atoms with van der Waals surface area (Å²) in [5.74, 6) is 0.0393. The second-order valence-corrected chi connectivity index (χ2v) is 9.84. The molecule has 33 heavy (non-hydrogen) atoms. The Hall–Kier alpha value is -2.77. The summed E-state index contributed by atoms with van der Waals surface area (Å²) in [6, 6.07) is 15.1. The number of amides is 1. The molecule has 0 bridgehead atoms. The summed E-state index contributed by atoms with van der Waals surface area (Å²) in [6.07, 6.45) is 6.26. The quantitative estimate of drug-likeness (QED) is 0.557. The number of aromatic nitrogens is 1. The van der Waals surface area contributed by atoms with Crippen LogP contribution in [0.1, 0.15) is 18.4 Å². The molecule has 1 amide bonds. The number of fused-ring (bicyclic) bond motifs is 1. The molecular weight excluding hydrogens is 435 g/mol. The highest BCUT2D eigenvalue weighted by Crippen LogP contribution is 2.32. The molecule has 0 N–H and O–H groups in total. The minimum Gasteiger partial charge on any atom is -0.347 e. The van der Waals surface area contributed by atoms with Crippen molar-refractivity contribution in [3.8, 4) is 0 Å². The Morgan fingerprint density at radius 1 is 1.09 bits per heavy atom. The minimum atomic E-state index is -0.237. The molecule has 2 saturated heterocycles. The van der Waals surface area contributed by atoms with Gasteiger partial charge in [0, 0.05) is 45.8 Å². The summed E-state index contributed by atoms with van der Waals surface area (Å²) >= 11 is 1.51. The summed E-state index contributed by atoms with van der Waals surface area (Å²) < 4.78 is 14.4. The molecule has 2 aliphatic heterocycles. The van der Waals surface area contributed by atoms with Crippen LogP contribution in [0.2, 0.25) is 0 Å². The third-order valence-electron chi connectivity index (χ3n) is 6.54. The van der Waals surface area contributed by atoms with Crippen LogP contribution in [0.4, 0.5) is 9.52 Å². The van der Waals surface area contributed by atoms with Gasteiger partial charge in [0.15, 0.2) is 5.13 Å². The highest BCUT2D eigenvalue weighted by Gasteiger charge is 2.31. The van der Waals surface area contributed by atoms with Gasteiger partial charge in [-0.05, 0) is 36.6 Å². The normalized spacial score (nSPS) is 20.1. The third-order valence-corrected chi connectivity index (χ3v) is 7.62. The molecule has 5 rings (SSSR count). The molecule has 0 radical (unpaired) electrons. The van der Waals surface area contributed by atoms with Gasteiger partial charge in [-0.2, -0.15) is 0 Å². The van der Waals surface area contributed by atoms with Crippen molar-refractivity contribution < 1.29 is 9.18 Å². The molecule has 2 fully saturated rings. The second kappa shape index (κ2) is 10.0. The summed E-state index contributed by atoms with van der Waals surface area (Å²) in [4.78, 5) is 24.6. The average molecular weight is 465 g/mol. The van der Waals surface area contributed by atoms with Crippen molar-refractivity contribution in [2.45, 2.75) is 12.8 Å². The van der Waals surface area contributed by atoms with Crippen LogP contribution in [-0.2, 0) is 4.79 Å². The SMILES string of the molecule is O=C(C1CCCN(c2nc3ccc(F)cc3s2)C1)N1CCN(C/C=C/c2ccccc2)CC1. The van der Waals surface area contributed by atoms with E-state index in [4.69, 9.17) is 0 Å². The standard InChI is InChI=1S/C26H29FN4OS/c27-22-10-11-23-24(18-22)33-26(28-23)31-13-5-9-21(19-31)25(32)30-16-14-29(15-17-30)12-4-8-20-6-2-1-3-7-20/h1-4,6-8,10-11,18,21H,5,9,12-17,19H2/b8-4+. The molecule has 0 spiro atoms. The first-order valence-corrected chi connectivity index (χ1v) is 12.5. The lowest BCUT2D eigenvalue weighted by Crippen LogP contribution is -2.52. The largest absolute Gasteiger partial charge is 0.347 e. The Morgan fingerprint density at radius 2 is 1.91 bits per heavy atom. The number of hydrogen-bond donors (Lipinski definition) is 0. The van der Waals surface area contributed by atoms with Gasteiger partial charge in [-0.15, -0.1) is 0 Å². The molecule has 3 aromatic rings. The van der Waals surface area contributed by atoms with Crippen molar-refractivity contribution in [3.63, 3.8) is 0 Å². The molecule has 2 aromatic carbocycles. The van der Waals surface area contributed by atoms with E-state index in [-0.39, 0.29) is 17.6 Å². The summed E-state index contributed by atoms with van der Waals surface area (Å²) in [6.45, 7) is 5.89. The third kappa shape index (κ3) is 5.25. The smallest absolute Gasteiger partial charge is 0.227 e. The van der Waals surface area contributed by atoms with Crippen LogP contribution in [0.3, 0.4) is 0 Å². The number of thiazole rings is 1. The van der Waals surface area contributed by atoms with Gasteiger partial charge in [-0.1, -0.05) is 53.8 Å². The average Bonchev–Trinajstić information content (AvgIpc) is 3.28. The van der Waals surface area contributed by atoms with E-state index in [1.54, 1.807) is 6.07 Å². The monoisotopic (exact) mass is 464 g/mol. The van der Waals surface area contributed by atoms with Crippen molar-refractivity contribution >= 4 is 38.7 Å². The maximum absolute atomic E-state index is 13.5. The molecule has 1 atom stereocenters. The van der Waals surface area contributed by atoms with Gasteiger partial charge in [0.05, 0.1) is 16.1 Å². The fraction of sp³-hybridized carbons (Fsp3) is 0.385. The molecule has 5 nitrogen and oxygen atoms in total. The number of piperazine rings is 1. The van der Waals surface area contributed by atoms with Gasteiger partial charge in [0.1, 0.15) is 5.82 Å². The molecule has 2 aliphatic rings. The number of rotatable bonds is 5. The van der Waals surface area contributed by atoms with E-state index < -0.39 is 0 Å². The number of benzene rings is 2. The van der Waals surface area contributed by atoms with Crippen molar-refractivity contribution in [1.82, 2.24) is 14.8 Å². The molecule has 1 unspecified atom stereocenters. The van der Waals surface area contributed by atoms with Gasteiger partial charge < -0.3 is 9.80 Å². The number of nitrogens with zero attached hydrogens (tertiary/aromatic N) is 4. The van der Waals surface area contributed by atoms with E-state index >= 15 is 0 Å². The Balaban J connectivity index is 1.14. The maximum atomic E-state index is 13.5. The predicted octanol–water partition coefficient (Wildman–Crippen LogP) is 4.51. The van der Waals surface area contributed by atoms with E-state index in [9.17, 15) is 9.18 Å². The molecule has 7 heteroatoms. The minimum absolute atomic E-state index is 0.00650. The number of carbonyl (C=O) groups is 1. The lowest BCUT2D eigenvalue weighted by Gasteiger charge is -2.38. The fourth-order valence-corrected chi connectivity index (χ4v) is 5.71. The summed E-state index contributed by atoms with van der Waals surface area (Å²) in [7, 11) is 0. The van der Waals surface area contributed by atoms with E-state index in [1.165, 1.54) is 29.0 Å². The molecule has 1 aromatic heterocycles. The Morgan fingerprint density at radius 3 is 2.73 bits per heavy atom. The van der Waals surface area contributed by atoms with E-state index in [0.29, 0.717) is 6.54 Å². The fourth-order valence-electron chi connectivity index (χ4n) is 4.69. The van der Waals surface area contributed by atoms with Crippen LogP contribution in [0.15, 0.2) is 54.6 Å². The molecule has 3 heterocycles. The highest BCUT2D eigenvalue weighted by atomic mass is 32.1. The van der Waals surface area contributed by atoms with E-state index in [1.807, 2.05) is 23.1 Å². The topological polar surface area (TPSA) is 39.7 Å². The van der Waals surface area contributed by atoms with Crippen molar-refractivity contribution in [3.05, 3.63) is 66.0 Å². The number of anilines is 1. The van der Waals surface area contributed by atoms with Crippen molar-refractivity contribution in [2.75, 3.05) is 50.7 Å². The van der Waals surface area contributed by atoms with Gasteiger partial charge in [0.2, 0.25) is 5.91 Å². The van der Waals surface area contributed by atoms with Gasteiger partial charge >= 0.3 is 0 Å². The van der Waals surface area contributed by atoms with Gasteiger partial charge in [0.25, 0.3) is 0 Å². The Kier molecular flexibility index (Phi) is 6.69. The lowest BCUT2D eigenvalue weighted by molar-refractivity contribution is -0.137. The molecular formula is C26H29FN4OS. The zero-order valence-corrected chi connectivity index (χ0v) is 19.5. The zero-order chi connectivity index (χ0) is 22.6. The first kappa shape index (κ1) is 22.0. The zero-order valence-electron chi connectivity index (χ0n) is 18.7. The molecule has 0 saturated carbocycles. The van der Waals surface area contributed by atoms with E-state index in [0.717, 1.165) is 67.5 Å². The van der Waals surface area contributed by atoms with Crippen LogP contribution < -0.4 is 4.90 Å². The van der Waals surface area contributed by atoms with Crippen molar-refractivity contribution in [1.29, 1.82) is 0 Å². The Bertz CT molecular complexity index is 1120. The summed E-state index contributed by atoms with van der Waals surface area (Å²) in [5.41, 5.74) is 2.04. The number of halogens is 1. The Labute approximate surface area is 198 Å². The van der Waals surface area contributed by atoms with Gasteiger partial charge in [-0.3, -0.25) is 9.69 Å². The van der Waals surface area contributed by atoms with Crippen molar-refractivity contribution in [2.24, 2.45) is 5.92 Å². The van der Waals surface area contributed by atoms with Crippen LogP contribution in [0, 0.1) is 11.7 Å². The summed E-state index contributed by atoms with van der Waals surface area (Å²) in [5, 5.41) is 0.892. The lowest BCUT2D eigenvalue weighted by atomic mass is 9.96. The number of carbonyl (C=O) groups excluding carboxylic acids is 1. The van der Waals surface area contributed by atoms with Crippen LogP contribution in [0.5, 0.6) is 0 Å². The maximum Gasteiger partial charge on any atom is 0.227 e. The molecule has 0 aliphatic carbocycles.